The molecule has 0 saturated heterocycles. The largest absolute Gasteiger partial charge is 0.396 e. The first kappa shape index (κ1) is 17.2. The topological polar surface area (TPSA) is 78.4 Å². The van der Waals surface area contributed by atoms with Gasteiger partial charge < -0.3 is 15.7 Å². The highest BCUT2D eigenvalue weighted by Gasteiger charge is 2.23. The quantitative estimate of drug-likeness (QED) is 0.588. The zero-order valence-electron chi connectivity index (χ0n) is 13.8. The first-order chi connectivity index (χ1) is 10.9. The summed E-state index contributed by atoms with van der Waals surface area (Å²) in [5, 5.41) is 14.5. The Morgan fingerprint density at radius 3 is 2.61 bits per heavy atom. The Morgan fingerprint density at radius 1 is 1.26 bits per heavy atom. The molecule has 1 aromatic carbocycles. The predicted molar refractivity (Wildman–Crippen MR) is 90.2 cm³/mol. The molecule has 1 aromatic rings. The number of hydrogen-bond donors (Lipinski definition) is 3. The molecule has 23 heavy (non-hydrogen) atoms. The van der Waals surface area contributed by atoms with Gasteiger partial charge in [-0.1, -0.05) is 44.2 Å². The highest BCUT2D eigenvalue weighted by Crippen LogP contribution is 2.27. The smallest absolute Gasteiger partial charge is 0.313 e. The van der Waals surface area contributed by atoms with E-state index in [4.69, 9.17) is 5.11 Å². The Bertz CT molecular complexity index is 623. The van der Waals surface area contributed by atoms with E-state index in [1.807, 2.05) is 51.1 Å². The van der Waals surface area contributed by atoms with Crippen LogP contribution in [0.15, 0.2) is 30.4 Å². The first-order valence-corrected chi connectivity index (χ1v) is 7.93. The Morgan fingerprint density at radius 2 is 2.00 bits per heavy atom. The van der Waals surface area contributed by atoms with Gasteiger partial charge in [-0.25, -0.2) is 0 Å². The average Bonchev–Trinajstić information content (AvgIpc) is 2.96. The average molecular weight is 316 g/mol. The summed E-state index contributed by atoms with van der Waals surface area (Å²) in [6, 6.07) is 5.60. The molecule has 0 radical (unpaired) electrons. The summed E-state index contributed by atoms with van der Waals surface area (Å²) >= 11 is 0. The zero-order chi connectivity index (χ0) is 17.0. The summed E-state index contributed by atoms with van der Waals surface area (Å²) in [5.74, 6) is -1.03. The number of carbonyl (C=O) groups excluding carboxylic acids is 2. The summed E-state index contributed by atoms with van der Waals surface area (Å²) in [4.78, 5) is 24.3. The van der Waals surface area contributed by atoms with E-state index in [-0.39, 0.29) is 24.5 Å². The van der Waals surface area contributed by atoms with Gasteiger partial charge in [0.1, 0.15) is 0 Å². The van der Waals surface area contributed by atoms with Crippen molar-refractivity contribution in [1.29, 1.82) is 0 Å². The molecule has 124 valence electrons. The highest BCUT2D eigenvalue weighted by molar-refractivity contribution is 6.39. The van der Waals surface area contributed by atoms with E-state index in [1.165, 1.54) is 0 Å². The number of carbonyl (C=O) groups is 2. The molecule has 5 nitrogen and oxygen atoms in total. The van der Waals surface area contributed by atoms with Gasteiger partial charge in [-0.05, 0) is 30.4 Å². The SMILES string of the molecule is Cc1cccc(C(C)C)c1NC(=O)C(=O)N[C@@H]1C=C[C@H](CO)C1. The molecule has 2 atom stereocenters. The molecule has 1 aliphatic rings. The van der Waals surface area contributed by atoms with Crippen LogP contribution >= 0.6 is 0 Å². The number of anilines is 1. The van der Waals surface area contributed by atoms with Crippen molar-refractivity contribution in [3.8, 4) is 0 Å². The summed E-state index contributed by atoms with van der Waals surface area (Å²) in [6.45, 7) is 6.05. The van der Waals surface area contributed by atoms with Gasteiger partial charge in [0, 0.05) is 24.3 Å². The van der Waals surface area contributed by atoms with Crippen molar-refractivity contribution in [3.05, 3.63) is 41.5 Å². The number of benzene rings is 1. The second kappa shape index (κ2) is 7.42. The van der Waals surface area contributed by atoms with Crippen LogP contribution in [0.1, 0.15) is 37.3 Å². The Labute approximate surface area is 136 Å². The maximum Gasteiger partial charge on any atom is 0.313 e. The lowest BCUT2D eigenvalue weighted by molar-refractivity contribution is -0.136. The van der Waals surface area contributed by atoms with Gasteiger partial charge in [-0.2, -0.15) is 0 Å². The summed E-state index contributed by atoms with van der Waals surface area (Å²) < 4.78 is 0. The van der Waals surface area contributed by atoms with Crippen LogP contribution in [0.5, 0.6) is 0 Å². The van der Waals surface area contributed by atoms with Crippen molar-refractivity contribution in [1.82, 2.24) is 5.32 Å². The van der Waals surface area contributed by atoms with Gasteiger partial charge in [0.15, 0.2) is 0 Å². The van der Waals surface area contributed by atoms with Crippen molar-refractivity contribution < 1.29 is 14.7 Å². The number of aliphatic hydroxyl groups excluding tert-OH is 1. The van der Waals surface area contributed by atoms with E-state index in [0.717, 1.165) is 11.1 Å². The lowest BCUT2D eigenvalue weighted by atomic mass is 9.98. The number of nitrogens with one attached hydrogen (secondary N) is 2. The second-order valence-electron chi connectivity index (χ2n) is 6.29. The highest BCUT2D eigenvalue weighted by atomic mass is 16.3. The van der Waals surface area contributed by atoms with Crippen molar-refractivity contribution in [2.75, 3.05) is 11.9 Å². The van der Waals surface area contributed by atoms with Crippen molar-refractivity contribution in [2.24, 2.45) is 5.92 Å². The number of aliphatic hydroxyl groups is 1. The molecule has 0 bridgehead atoms. The third kappa shape index (κ3) is 4.20. The molecule has 0 aliphatic heterocycles. The van der Waals surface area contributed by atoms with Crippen LogP contribution in [0.3, 0.4) is 0 Å². The van der Waals surface area contributed by atoms with E-state index in [9.17, 15) is 9.59 Å². The van der Waals surface area contributed by atoms with Gasteiger partial charge in [-0.15, -0.1) is 0 Å². The standard InChI is InChI=1S/C18H24N2O3/c1-11(2)15-6-4-5-12(3)16(15)20-18(23)17(22)19-14-8-7-13(9-14)10-21/h4-8,11,13-14,21H,9-10H2,1-3H3,(H,19,22)(H,20,23)/t13-,14+/m0/s1. The van der Waals surface area contributed by atoms with Crippen molar-refractivity contribution >= 4 is 17.5 Å². The fourth-order valence-corrected chi connectivity index (χ4v) is 2.76. The van der Waals surface area contributed by atoms with Crippen molar-refractivity contribution in [3.63, 3.8) is 0 Å². The minimum absolute atomic E-state index is 0.0484. The van der Waals surface area contributed by atoms with Crippen LogP contribution in [0, 0.1) is 12.8 Å². The lowest BCUT2D eigenvalue weighted by Crippen LogP contribution is -2.41. The number of rotatable bonds is 4. The molecule has 2 rings (SSSR count). The first-order valence-electron chi connectivity index (χ1n) is 7.93. The monoisotopic (exact) mass is 316 g/mol. The molecule has 0 heterocycles. The Balaban J connectivity index is 2.02. The Hall–Kier alpha value is -2.14. The van der Waals surface area contributed by atoms with Gasteiger partial charge in [0.2, 0.25) is 0 Å². The molecular weight excluding hydrogens is 292 g/mol. The summed E-state index contributed by atoms with van der Waals surface area (Å²) in [5.41, 5.74) is 2.64. The summed E-state index contributed by atoms with van der Waals surface area (Å²) in [6.07, 6.45) is 4.30. The van der Waals surface area contributed by atoms with Gasteiger partial charge in [-0.3, -0.25) is 9.59 Å². The molecule has 0 saturated carbocycles. The maximum absolute atomic E-state index is 12.2. The van der Waals surface area contributed by atoms with E-state index in [1.54, 1.807) is 0 Å². The number of para-hydroxylation sites is 1. The van der Waals surface area contributed by atoms with Crippen LogP contribution in [0.4, 0.5) is 5.69 Å². The number of aryl methyl sites for hydroxylation is 1. The lowest BCUT2D eigenvalue weighted by Gasteiger charge is -2.17. The molecule has 3 N–H and O–H groups in total. The molecule has 5 heteroatoms. The molecule has 1 aliphatic carbocycles. The normalized spacial score (nSPS) is 19.9. The van der Waals surface area contributed by atoms with E-state index in [2.05, 4.69) is 10.6 Å². The van der Waals surface area contributed by atoms with E-state index in [0.29, 0.717) is 12.1 Å². The molecule has 0 unspecified atom stereocenters. The van der Waals surface area contributed by atoms with Gasteiger partial charge in [0.05, 0.1) is 0 Å². The minimum atomic E-state index is -0.665. The molecule has 0 aromatic heterocycles. The fraction of sp³-hybridized carbons (Fsp3) is 0.444. The van der Waals surface area contributed by atoms with Gasteiger partial charge in [0.25, 0.3) is 0 Å². The third-order valence-corrected chi connectivity index (χ3v) is 4.10. The zero-order valence-corrected chi connectivity index (χ0v) is 13.8. The van der Waals surface area contributed by atoms with Crippen LogP contribution in [0.2, 0.25) is 0 Å². The Kier molecular flexibility index (Phi) is 5.55. The minimum Gasteiger partial charge on any atom is -0.396 e. The van der Waals surface area contributed by atoms with E-state index < -0.39 is 11.8 Å². The van der Waals surface area contributed by atoms with Crippen LogP contribution in [-0.2, 0) is 9.59 Å². The number of amides is 2. The maximum atomic E-state index is 12.2. The molecule has 2 amide bonds. The van der Waals surface area contributed by atoms with Crippen LogP contribution in [-0.4, -0.2) is 29.6 Å². The van der Waals surface area contributed by atoms with Crippen LogP contribution in [0.25, 0.3) is 0 Å². The molecule has 0 fully saturated rings. The fourth-order valence-electron chi connectivity index (χ4n) is 2.76. The van der Waals surface area contributed by atoms with Gasteiger partial charge >= 0.3 is 11.8 Å². The second-order valence-corrected chi connectivity index (χ2v) is 6.29. The van der Waals surface area contributed by atoms with Crippen LogP contribution < -0.4 is 10.6 Å². The van der Waals surface area contributed by atoms with E-state index >= 15 is 0 Å². The molecular formula is C18H24N2O3. The summed E-state index contributed by atoms with van der Waals surface area (Å²) in [7, 11) is 0. The van der Waals surface area contributed by atoms with Crippen molar-refractivity contribution in [2.45, 2.75) is 39.2 Å². The third-order valence-electron chi connectivity index (χ3n) is 4.10. The number of hydrogen-bond acceptors (Lipinski definition) is 3. The molecule has 0 spiro atoms. The predicted octanol–water partition coefficient (Wildman–Crippen LogP) is 2.11.